The summed E-state index contributed by atoms with van der Waals surface area (Å²) in [5.74, 6) is 0. The molecule has 2 nitrogen and oxygen atoms in total. The molecule has 84 valence electrons. The van der Waals surface area contributed by atoms with Gasteiger partial charge in [-0.1, -0.05) is 29.8 Å². The second-order valence-corrected chi connectivity index (χ2v) is 4.45. The van der Waals surface area contributed by atoms with E-state index in [1.54, 1.807) is 25.5 Å². The van der Waals surface area contributed by atoms with Gasteiger partial charge < -0.3 is 9.52 Å². The fraction of sp³-hybridized carbons (Fsp3) is 0.286. The van der Waals surface area contributed by atoms with E-state index in [0.29, 0.717) is 6.42 Å². The maximum atomic E-state index is 10.4. The predicted octanol–water partition coefficient (Wildman–Crippen LogP) is 3.04. The molecule has 0 spiro atoms. The van der Waals surface area contributed by atoms with Gasteiger partial charge in [0.2, 0.25) is 0 Å². The van der Waals surface area contributed by atoms with Gasteiger partial charge in [0.1, 0.15) is 0 Å². The lowest BCUT2D eigenvalue weighted by Crippen LogP contribution is -2.23. The molecule has 1 aromatic heterocycles. The van der Waals surface area contributed by atoms with Gasteiger partial charge in [0.05, 0.1) is 18.1 Å². The molecule has 0 aliphatic carbocycles. The van der Waals surface area contributed by atoms with Gasteiger partial charge in [0, 0.05) is 12.0 Å². The lowest BCUT2D eigenvalue weighted by Gasteiger charge is -2.22. The van der Waals surface area contributed by atoms with Crippen LogP contribution in [-0.4, -0.2) is 5.11 Å². The van der Waals surface area contributed by atoms with Crippen LogP contribution in [0.3, 0.4) is 0 Å². The largest absolute Gasteiger partial charge is 0.472 e. The first-order chi connectivity index (χ1) is 7.58. The van der Waals surface area contributed by atoms with Crippen LogP contribution in [0.2, 0.25) is 0 Å². The van der Waals surface area contributed by atoms with E-state index in [-0.39, 0.29) is 0 Å². The smallest absolute Gasteiger partial charge is 0.0963 e. The first-order valence-electron chi connectivity index (χ1n) is 5.38. The van der Waals surface area contributed by atoms with Crippen LogP contribution in [0.25, 0.3) is 0 Å². The molecule has 0 fully saturated rings. The predicted molar refractivity (Wildman–Crippen MR) is 63.2 cm³/mol. The minimum atomic E-state index is -0.874. The van der Waals surface area contributed by atoms with Gasteiger partial charge in [0.15, 0.2) is 0 Å². The Balaban J connectivity index is 2.21. The zero-order chi connectivity index (χ0) is 11.6. The Kier molecular flexibility index (Phi) is 2.84. The van der Waals surface area contributed by atoms with Gasteiger partial charge in [-0.3, -0.25) is 0 Å². The summed E-state index contributed by atoms with van der Waals surface area (Å²) in [5, 5.41) is 10.4. The van der Waals surface area contributed by atoms with Gasteiger partial charge in [-0.25, -0.2) is 0 Å². The average Bonchev–Trinajstić information content (AvgIpc) is 2.69. The zero-order valence-electron chi connectivity index (χ0n) is 9.60. The molecule has 0 aliphatic rings. The third kappa shape index (κ3) is 2.34. The molecule has 2 rings (SSSR count). The standard InChI is InChI=1S/C14H16O2/c1-11-4-3-5-12(8-11)9-14(2,15)13-6-7-16-10-13/h3-8,10,15H,9H2,1-2H3. The molecule has 2 heteroatoms. The van der Waals surface area contributed by atoms with Gasteiger partial charge in [-0.15, -0.1) is 0 Å². The molecular weight excluding hydrogens is 200 g/mol. The van der Waals surface area contributed by atoms with E-state index < -0.39 is 5.60 Å². The molecule has 0 aliphatic heterocycles. The van der Waals surface area contributed by atoms with Crippen molar-refractivity contribution in [2.24, 2.45) is 0 Å². The molecule has 2 aromatic rings. The first-order valence-corrected chi connectivity index (χ1v) is 5.38. The van der Waals surface area contributed by atoms with Crippen LogP contribution in [0, 0.1) is 6.92 Å². The topological polar surface area (TPSA) is 33.4 Å². The zero-order valence-corrected chi connectivity index (χ0v) is 9.60. The molecule has 1 atom stereocenters. The summed E-state index contributed by atoms with van der Waals surface area (Å²) in [5.41, 5.74) is 2.28. The Bertz CT molecular complexity index is 455. The highest BCUT2D eigenvalue weighted by molar-refractivity contribution is 5.26. The molecule has 1 aromatic carbocycles. The van der Waals surface area contributed by atoms with E-state index in [4.69, 9.17) is 4.42 Å². The van der Waals surface area contributed by atoms with Gasteiger partial charge >= 0.3 is 0 Å². The summed E-state index contributed by atoms with van der Waals surface area (Å²) in [7, 11) is 0. The van der Waals surface area contributed by atoms with Crippen LogP contribution in [0.1, 0.15) is 23.6 Å². The van der Waals surface area contributed by atoms with Crippen molar-refractivity contribution < 1.29 is 9.52 Å². The maximum absolute atomic E-state index is 10.4. The summed E-state index contributed by atoms with van der Waals surface area (Å²) >= 11 is 0. The molecule has 0 saturated carbocycles. The van der Waals surface area contributed by atoms with E-state index in [2.05, 4.69) is 19.1 Å². The third-order valence-electron chi connectivity index (χ3n) is 2.77. The van der Waals surface area contributed by atoms with Gasteiger partial charge in [-0.2, -0.15) is 0 Å². The Morgan fingerprint density at radius 2 is 2.12 bits per heavy atom. The Morgan fingerprint density at radius 1 is 1.31 bits per heavy atom. The fourth-order valence-electron chi connectivity index (χ4n) is 1.89. The van der Waals surface area contributed by atoms with Crippen LogP contribution in [0.15, 0.2) is 47.3 Å². The highest BCUT2D eigenvalue weighted by atomic mass is 16.3. The molecule has 1 unspecified atom stereocenters. The summed E-state index contributed by atoms with van der Waals surface area (Å²) in [4.78, 5) is 0. The van der Waals surface area contributed by atoms with E-state index in [9.17, 15) is 5.11 Å². The van der Waals surface area contributed by atoms with E-state index in [0.717, 1.165) is 11.1 Å². The van der Waals surface area contributed by atoms with Crippen molar-refractivity contribution >= 4 is 0 Å². The van der Waals surface area contributed by atoms with Gasteiger partial charge in [0.25, 0.3) is 0 Å². The molecule has 0 radical (unpaired) electrons. The van der Waals surface area contributed by atoms with Crippen LogP contribution >= 0.6 is 0 Å². The number of aliphatic hydroxyl groups is 1. The van der Waals surface area contributed by atoms with Gasteiger partial charge in [-0.05, 0) is 25.5 Å². The van der Waals surface area contributed by atoms with E-state index >= 15 is 0 Å². The molecule has 1 N–H and O–H groups in total. The van der Waals surface area contributed by atoms with E-state index in [1.165, 1.54) is 5.56 Å². The Hall–Kier alpha value is -1.54. The van der Waals surface area contributed by atoms with Crippen LogP contribution < -0.4 is 0 Å². The highest BCUT2D eigenvalue weighted by Gasteiger charge is 2.24. The average molecular weight is 216 g/mol. The van der Waals surface area contributed by atoms with Crippen molar-refractivity contribution in [3.8, 4) is 0 Å². The summed E-state index contributed by atoms with van der Waals surface area (Å²) in [6, 6.07) is 9.98. The number of hydrogen-bond acceptors (Lipinski definition) is 2. The monoisotopic (exact) mass is 216 g/mol. The second-order valence-electron chi connectivity index (χ2n) is 4.45. The van der Waals surface area contributed by atoms with Crippen LogP contribution in [0.5, 0.6) is 0 Å². The third-order valence-corrected chi connectivity index (χ3v) is 2.77. The number of benzene rings is 1. The number of aryl methyl sites for hydroxylation is 1. The quantitative estimate of drug-likeness (QED) is 0.855. The van der Waals surface area contributed by atoms with Crippen molar-refractivity contribution in [1.29, 1.82) is 0 Å². The molecule has 1 heterocycles. The van der Waals surface area contributed by atoms with Crippen molar-refractivity contribution in [3.63, 3.8) is 0 Å². The number of rotatable bonds is 3. The summed E-state index contributed by atoms with van der Waals surface area (Å²) in [6.45, 7) is 3.86. The van der Waals surface area contributed by atoms with Crippen molar-refractivity contribution in [3.05, 3.63) is 59.5 Å². The molecular formula is C14H16O2. The molecule has 0 bridgehead atoms. The lowest BCUT2D eigenvalue weighted by molar-refractivity contribution is 0.0570. The minimum absolute atomic E-state index is 0.591. The second kappa shape index (κ2) is 4.14. The Morgan fingerprint density at radius 3 is 2.75 bits per heavy atom. The van der Waals surface area contributed by atoms with Crippen LogP contribution in [-0.2, 0) is 12.0 Å². The lowest BCUT2D eigenvalue weighted by atomic mass is 9.90. The number of furan rings is 1. The highest BCUT2D eigenvalue weighted by Crippen LogP contribution is 2.25. The molecule has 0 amide bonds. The first kappa shape index (κ1) is 11.0. The minimum Gasteiger partial charge on any atom is -0.472 e. The van der Waals surface area contributed by atoms with E-state index in [1.807, 2.05) is 12.1 Å². The normalized spacial score (nSPS) is 14.7. The van der Waals surface area contributed by atoms with Crippen molar-refractivity contribution in [2.75, 3.05) is 0 Å². The Labute approximate surface area is 95.5 Å². The summed E-state index contributed by atoms with van der Waals surface area (Å²) < 4.78 is 5.00. The maximum Gasteiger partial charge on any atom is 0.0963 e. The SMILES string of the molecule is Cc1cccc(CC(C)(O)c2ccoc2)c1. The van der Waals surface area contributed by atoms with Crippen molar-refractivity contribution in [1.82, 2.24) is 0 Å². The van der Waals surface area contributed by atoms with Crippen molar-refractivity contribution in [2.45, 2.75) is 25.9 Å². The summed E-state index contributed by atoms with van der Waals surface area (Å²) in [6.07, 6.45) is 3.77. The fourth-order valence-corrected chi connectivity index (χ4v) is 1.89. The van der Waals surface area contributed by atoms with Crippen LogP contribution in [0.4, 0.5) is 0 Å². The molecule has 16 heavy (non-hydrogen) atoms. The molecule has 0 saturated heterocycles. The number of hydrogen-bond donors (Lipinski definition) is 1.